The summed E-state index contributed by atoms with van der Waals surface area (Å²) in [6, 6.07) is 3.83. The Morgan fingerprint density at radius 2 is 1.81 bits per heavy atom. The van der Waals surface area contributed by atoms with E-state index in [1.807, 2.05) is 0 Å². The van der Waals surface area contributed by atoms with Crippen molar-refractivity contribution in [2.75, 3.05) is 5.73 Å². The Kier molecular flexibility index (Phi) is 2.90. The van der Waals surface area contributed by atoms with Gasteiger partial charge in [0.15, 0.2) is 0 Å². The number of benzene rings is 1. The fourth-order valence-electron chi connectivity index (χ4n) is 1.34. The van der Waals surface area contributed by atoms with Crippen LogP contribution in [0.2, 0.25) is 0 Å². The van der Waals surface area contributed by atoms with Gasteiger partial charge in [0.2, 0.25) is 0 Å². The predicted molar refractivity (Wildman–Crippen MR) is 66.2 cm³/mol. The molecule has 0 saturated heterocycles. The van der Waals surface area contributed by atoms with Gasteiger partial charge in [-0.15, -0.1) is 0 Å². The molecular weight excluding hydrogens is 345 g/mol. The topological polar surface area (TPSA) is 63.8 Å². The number of hydrogen-bond acceptors (Lipinski definition) is 2. The van der Waals surface area contributed by atoms with E-state index in [1.54, 1.807) is 0 Å². The van der Waals surface area contributed by atoms with Gasteiger partial charge in [-0.2, -0.15) is 0 Å². The standard InChI is InChI=1S/C9H6Br2FN3O/c10-5-1-4(12)2-6(11)9(5)15-7(13)3-8(16)14-15/h1-3H,13H2,(H,14,16). The summed E-state index contributed by atoms with van der Waals surface area (Å²) in [6.45, 7) is 0. The second-order valence-corrected chi connectivity index (χ2v) is 4.81. The number of H-pyrrole nitrogens is 1. The normalized spacial score (nSPS) is 10.7. The molecule has 16 heavy (non-hydrogen) atoms. The first kappa shape index (κ1) is 11.4. The molecule has 0 atom stereocenters. The summed E-state index contributed by atoms with van der Waals surface area (Å²) in [5.41, 5.74) is 5.87. The summed E-state index contributed by atoms with van der Waals surface area (Å²) in [6.07, 6.45) is 0. The number of hydrogen-bond donors (Lipinski definition) is 2. The van der Waals surface area contributed by atoms with E-state index in [2.05, 4.69) is 37.0 Å². The Morgan fingerprint density at radius 1 is 1.25 bits per heavy atom. The highest BCUT2D eigenvalue weighted by atomic mass is 79.9. The van der Waals surface area contributed by atoms with Crippen LogP contribution in [-0.4, -0.2) is 9.78 Å². The second-order valence-electron chi connectivity index (χ2n) is 3.10. The molecule has 0 unspecified atom stereocenters. The Balaban J connectivity index is 2.74. The van der Waals surface area contributed by atoms with Crippen LogP contribution in [0.25, 0.3) is 5.69 Å². The second kappa shape index (κ2) is 4.06. The minimum Gasteiger partial charge on any atom is -0.384 e. The van der Waals surface area contributed by atoms with E-state index < -0.39 is 5.82 Å². The molecular formula is C9H6Br2FN3O. The monoisotopic (exact) mass is 349 g/mol. The molecule has 7 heteroatoms. The van der Waals surface area contributed by atoms with Crippen molar-refractivity contribution in [1.82, 2.24) is 9.78 Å². The van der Waals surface area contributed by atoms with E-state index >= 15 is 0 Å². The summed E-state index contributed by atoms with van der Waals surface area (Å²) >= 11 is 6.42. The maximum absolute atomic E-state index is 13.1. The maximum atomic E-state index is 13.1. The first-order valence-electron chi connectivity index (χ1n) is 4.21. The van der Waals surface area contributed by atoms with Crippen LogP contribution < -0.4 is 11.3 Å². The highest BCUT2D eigenvalue weighted by Gasteiger charge is 2.12. The van der Waals surface area contributed by atoms with Crippen molar-refractivity contribution < 1.29 is 4.39 Å². The number of nitrogens with zero attached hydrogens (tertiary/aromatic N) is 1. The molecule has 0 aliphatic carbocycles. The molecule has 0 aliphatic heterocycles. The van der Waals surface area contributed by atoms with Crippen molar-refractivity contribution in [3.05, 3.63) is 43.3 Å². The summed E-state index contributed by atoms with van der Waals surface area (Å²) in [5.74, 6) is -0.145. The van der Waals surface area contributed by atoms with Crippen molar-refractivity contribution >= 4 is 37.7 Å². The molecule has 0 aliphatic rings. The Bertz CT molecular complexity index is 582. The number of rotatable bonds is 1. The molecule has 0 radical (unpaired) electrons. The lowest BCUT2D eigenvalue weighted by atomic mass is 10.3. The van der Waals surface area contributed by atoms with E-state index in [1.165, 1.54) is 22.9 Å². The van der Waals surface area contributed by atoms with Gasteiger partial charge in [0, 0.05) is 15.0 Å². The highest BCUT2D eigenvalue weighted by Crippen LogP contribution is 2.30. The van der Waals surface area contributed by atoms with Gasteiger partial charge >= 0.3 is 0 Å². The smallest absolute Gasteiger partial charge is 0.266 e. The molecule has 0 spiro atoms. The van der Waals surface area contributed by atoms with E-state index in [0.29, 0.717) is 14.6 Å². The lowest BCUT2D eigenvalue weighted by molar-refractivity contribution is 0.625. The van der Waals surface area contributed by atoms with E-state index in [9.17, 15) is 9.18 Å². The van der Waals surface area contributed by atoms with Crippen LogP contribution in [0.5, 0.6) is 0 Å². The van der Waals surface area contributed by atoms with Crippen LogP contribution >= 0.6 is 31.9 Å². The van der Waals surface area contributed by atoms with Gasteiger partial charge < -0.3 is 5.73 Å². The lowest BCUT2D eigenvalue weighted by Crippen LogP contribution is -2.07. The first-order valence-corrected chi connectivity index (χ1v) is 5.80. The number of nitrogens with two attached hydrogens (primary N) is 1. The summed E-state index contributed by atoms with van der Waals surface area (Å²) in [4.78, 5) is 11.1. The Labute approximate surface area is 106 Å². The molecule has 84 valence electrons. The highest BCUT2D eigenvalue weighted by molar-refractivity contribution is 9.11. The summed E-state index contributed by atoms with van der Waals surface area (Å²) < 4.78 is 15.4. The third-order valence-corrected chi connectivity index (χ3v) is 3.17. The molecule has 1 aromatic carbocycles. The number of nitrogen functional groups attached to an aromatic ring is 1. The minimum absolute atomic E-state index is 0.248. The Hall–Kier alpha value is -1.08. The van der Waals surface area contributed by atoms with E-state index in [4.69, 9.17) is 5.73 Å². The number of halogens is 3. The number of aromatic nitrogens is 2. The van der Waals surface area contributed by atoms with Crippen LogP contribution in [0.3, 0.4) is 0 Å². The molecule has 0 saturated carbocycles. The molecule has 1 aromatic heterocycles. The van der Waals surface area contributed by atoms with Crippen LogP contribution in [0.1, 0.15) is 0 Å². The third-order valence-electron chi connectivity index (χ3n) is 1.96. The maximum Gasteiger partial charge on any atom is 0.266 e. The molecule has 3 N–H and O–H groups in total. The van der Waals surface area contributed by atoms with Gasteiger partial charge in [-0.05, 0) is 44.0 Å². The van der Waals surface area contributed by atoms with Gasteiger partial charge in [-0.1, -0.05) is 0 Å². The SMILES string of the molecule is Nc1cc(=O)[nH]n1-c1c(Br)cc(F)cc1Br. The lowest BCUT2D eigenvalue weighted by Gasteiger charge is -2.10. The number of anilines is 1. The molecule has 1 heterocycles. The summed E-state index contributed by atoms with van der Waals surface area (Å²) in [5, 5.41) is 2.52. The van der Waals surface area contributed by atoms with Gasteiger partial charge in [-0.25, -0.2) is 9.07 Å². The van der Waals surface area contributed by atoms with Gasteiger partial charge in [0.1, 0.15) is 11.6 Å². The zero-order chi connectivity index (χ0) is 11.9. The fourth-order valence-corrected chi connectivity index (χ4v) is 2.82. The first-order chi connectivity index (χ1) is 7.49. The number of aromatic amines is 1. The van der Waals surface area contributed by atoms with Gasteiger partial charge in [-0.3, -0.25) is 9.89 Å². The van der Waals surface area contributed by atoms with Crippen LogP contribution in [0.15, 0.2) is 31.9 Å². The van der Waals surface area contributed by atoms with Crippen molar-refractivity contribution in [2.45, 2.75) is 0 Å². The average Bonchev–Trinajstić information content (AvgIpc) is 2.43. The van der Waals surface area contributed by atoms with Crippen molar-refractivity contribution in [3.8, 4) is 5.69 Å². The Morgan fingerprint density at radius 3 is 2.25 bits per heavy atom. The summed E-state index contributed by atoms with van der Waals surface area (Å²) in [7, 11) is 0. The van der Waals surface area contributed by atoms with Crippen molar-refractivity contribution in [1.29, 1.82) is 0 Å². The molecule has 0 bridgehead atoms. The third kappa shape index (κ3) is 1.92. The van der Waals surface area contributed by atoms with E-state index in [-0.39, 0.29) is 11.4 Å². The van der Waals surface area contributed by atoms with Gasteiger partial charge in [0.25, 0.3) is 5.56 Å². The van der Waals surface area contributed by atoms with Crippen molar-refractivity contribution in [3.63, 3.8) is 0 Å². The van der Waals surface area contributed by atoms with Crippen LogP contribution in [-0.2, 0) is 0 Å². The van der Waals surface area contributed by atoms with E-state index in [0.717, 1.165) is 0 Å². The fraction of sp³-hybridized carbons (Fsp3) is 0. The zero-order valence-corrected chi connectivity index (χ0v) is 11.0. The molecule has 0 amide bonds. The van der Waals surface area contributed by atoms with Crippen LogP contribution in [0.4, 0.5) is 10.2 Å². The van der Waals surface area contributed by atoms with Crippen LogP contribution in [0, 0.1) is 5.82 Å². The van der Waals surface area contributed by atoms with Crippen molar-refractivity contribution in [2.24, 2.45) is 0 Å². The molecule has 2 aromatic rings. The predicted octanol–water partition coefficient (Wildman–Crippen LogP) is 2.41. The minimum atomic E-state index is -0.393. The molecule has 4 nitrogen and oxygen atoms in total. The average molecular weight is 351 g/mol. The van der Waals surface area contributed by atoms with Gasteiger partial charge in [0.05, 0.1) is 5.69 Å². The zero-order valence-electron chi connectivity index (χ0n) is 7.80. The molecule has 2 rings (SSSR count). The number of nitrogens with one attached hydrogen (secondary N) is 1. The largest absolute Gasteiger partial charge is 0.384 e. The quantitative estimate of drug-likeness (QED) is 0.829. The molecule has 0 fully saturated rings.